The molecule has 21 heavy (non-hydrogen) atoms. The number of hydrogen-bond acceptors (Lipinski definition) is 3. The number of rotatable bonds is 3. The lowest BCUT2D eigenvalue weighted by atomic mass is 10.2. The van der Waals surface area contributed by atoms with Crippen LogP contribution >= 0.6 is 0 Å². The molecule has 0 atom stereocenters. The number of methoxy groups -OCH3 is 1. The Kier molecular flexibility index (Phi) is 6.50. The second kappa shape index (κ2) is 8.39. The highest BCUT2D eigenvalue weighted by atomic mass is 16.5. The molecule has 0 aromatic heterocycles. The van der Waals surface area contributed by atoms with Crippen molar-refractivity contribution in [3.8, 4) is 11.5 Å². The van der Waals surface area contributed by atoms with E-state index in [1.807, 2.05) is 30.3 Å². The van der Waals surface area contributed by atoms with Gasteiger partial charge in [0, 0.05) is 6.08 Å². The van der Waals surface area contributed by atoms with Crippen LogP contribution in [0.3, 0.4) is 0 Å². The molecule has 2 aromatic carbocycles. The van der Waals surface area contributed by atoms with Crippen molar-refractivity contribution in [1.29, 1.82) is 0 Å². The number of aliphatic carboxylic acids is 1. The van der Waals surface area contributed by atoms with Crippen molar-refractivity contribution in [1.82, 2.24) is 0 Å². The first-order valence-corrected chi connectivity index (χ1v) is 6.16. The normalized spacial score (nSPS) is 9.81. The van der Waals surface area contributed by atoms with E-state index in [0.29, 0.717) is 5.56 Å². The number of carboxylic acid groups (broad SMARTS) is 1. The van der Waals surface area contributed by atoms with E-state index < -0.39 is 5.97 Å². The Bertz CT molecular complexity index is 609. The van der Waals surface area contributed by atoms with Crippen molar-refractivity contribution in [2.75, 3.05) is 7.11 Å². The molecule has 0 fully saturated rings. The van der Waals surface area contributed by atoms with Crippen LogP contribution in [0.1, 0.15) is 5.56 Å². The Morgan fingerprint density at radius 2 is 1.90 bits per heavy atom. The predicted molar refractivity (Wildman–Crippen MR) is 78.1 cm³/mol. The van der Waals surface area contributed by atoms with Crippen LogP contribution in [0.25, 0.3) is 6.08 Å². The Hall–Kier alpha value is -2.79. The van der Waals surface area contributed by atoms with Crippen molar-refractivity contribution in [2.24, 2.45) is 0 Å². The third kappa shape index (κ3) is 6.26. The lowest BCUT2D eigenvalue weighted by molar-refractivity contribution is -0.270. The number of hydrogen-bond donors (Lipinski definition) is 2. The van der Waals surface area contributed by atoms with Gasteiger partial charge in [0.05, 0.1) is 7.11 Å². The molecule has 2 aromatic rings. The van der Waals surface area contributed by atoms with Gasteiger partial charge in [-0.15, -0.1) is 0 Å². The van der Waals surface area contributed by atoms with Crippen molar-refractivity contribution in [3.63, 3.8) is 0 Å². The Labute approximate surface area is 122 Å². The molecule has 110 valence electrons. The zero-order valence-electron chi connectivity index (χ0n) is 11.7. The molecule has 0 bridgehead atoms. The van der Waals surface area contributed by atoms with Gasteiger partial charge in [0.1, 0.15) is 11.4 Å². The van der Waals surface area contributed by atoms with Gasteiger partial charge < -0.3 is 20.7 Å². The maximum atomic E-state index is 11.1. The van der Waals surface area contributed by atoms with Gasteiger partial charge in [-0.1, -0.05) is 36.1 Å². The van der Waals surface area contributed by atoms with E-state index >= 15 is 0 Å². The summed E-state index contributed by atoms with van der Waals surface area (Å²) in [6.45, 7) is 0. The predicted octanol–water partition coefficient (Wildman–Crippen LogP) is 1.43. The van der Waals surface area contributed by atoms with E-state index in [1.165, 1.54) is 31.4 Å². The first-order valence-electron chi connectivity index (χ1n) is 6.16. The van der Waals surface area contributed by atoms with Crippen LogP contribution in [0.5, 0.6) is 11.5 Å². The van der Waals surface area contributed by atoms with Crippen molar-refractivity contribution in [3.05, 3.63) is 60.2 Å². The first kappa shape index (κ1) is 16.3. The average molecular weight is 287 g/mol. The number of ether oxygens (including phenoxy) is 1. The summed E-state index contributed by atoms with van der Waals surface area (Å²) < 4.78 is 4.80. The topological polar surface area (TPSA) is 97.2 Å². The van der Waals surface area contributed by atoms with E-state index in [1.54, 1.807) is 0 Å². The quantitative estimate of drug-likeness (QED) is 0.834. The molecule has 0 aliphatic rings. The molecule has 0 unspecified atom stereocenters. The molecule has 5 nitrogen and oxygen atoms in total. The minimum Gasteiger partial charge on any atom is -0.870 e. The van der Waals surface area contributed by atoms with Crippen LogP contribution in [0.2, 0.25) is 0 Å². The molecule has 0 heterocycles. The summed E-state index contributed by atoms with van der Waals surface area (Å²) in [5.41, 5.74) is 5.41. The SMILES string of the molecule is COc1cc(/C=C/C(=O)O)ccc1[O-].[NH3+]c1ccccc1. The number of carbonyl (C=O) groups is 1. The number of benzene rings is 2. The van der Waals surface area contributed by atoms with Gasteiger partial charge in [0.25, 0.3) is 0 Å². The molecule has 0 aliphatic heterocycles. The molecule has 2 rings (SSSR count). The molecule has 0 aliphatic carbocycles. The number of quaternary nitrogens is 1. The van der Waals surface area contributed by atoms with Crippen LogP contribution in [-0.2, 0) is 4.79 Å². The second-order valence-corrected chi connectivity index (χ2v) is 4.07. The Balaban J connectivity index is 0.000000262. The van der Waals surface area contributed by atoms with Crippen LogP contribution in [0.4, 0.5) is 5.69 Å². The fraction of sp³-hybridized carbons (Fsp3) is 0.0625. The van der Waals surface area contributed by atoms with E-state index in [4.69, 9.17) is 9.84 Å². The average Bonchev–Trinajstić information content (AvgIpc) is 2.48. The Morgan fingerprint density at radius 3 is 2.38 bits per heavy atom. The summed E-state index contributed by atoms with van der Waals surface area (Å²) in [6.07, 6.45) is 2.39. The lowest BCUT2D eigenvalue weighted by Gasteiger charge is -2.11. The number of carboxylic acids is 1. The lowest BCUT2D eigenvalue weighted by Crippen LogP contribution is -2.39. The van der Waals surface area contributed by atoms with E-state index in [-0.39, 0.29) is 11.5 Å². The summed E-state index contributed by atoms with van der Waals surface area (Å²) in [7, 11) is 1.39. The zero-order valence-corrected chi connectivity index (χ0v) is 11.7. The maximum Gasteiger partial charge on any atom is 0.328 e. The van der Waals surface area contributed by atoms with Crippen molar-refractivity contribution in [2.45, 2.75) is 0 Å². The molecule has 4 N–H and O–H groups in total. The molecular weight excluding hydrogens is 270 g/mol. The fourth-order valence-corrected chi connectivity index (χ4v) is 1.43. The summed E-state index contributed by atoms with van der Waals surface area (Å²) >= 11 is 0. The highest BCUT2D eigenvalue weighted by molar-refractivity contribution is 5.85. The standard InChI is InChI=1S/C10H10O4.C6H7N/c1-14-9-6-7(2-4-8(9)11)3-5-10(12)13;7-6-4-2-1-3-5-6/h2-6,11H,1H3,(H,12,13);1-5H,7H2/b5-3+;. The van der Waals surface area contributed by atoms with E-state index in [0.717, 1.165) is 11.8 Å². The summed E-state index contributed by atoms with van der Waals surface area (Å²) in [4.78, 5) is 10.2. The van der Waals surface area contributed by atoms with Gasteiger partial charge in [0.2, 0.25) is 0 Å². The monoisotopic (exact) mass is 287 g/mol. The minimum absolute atomic E-state index is 0.206. The van der Waals surface area contributed by atoms with Gasteiger partial charge in [-0.3, -0.25) is 0 Å². The molecular formula is C16H17NO4. The molecule has 0 amide bonds. The fourth-order valence-electron chi connectivity index (χ4n) is 1.43. The largest absolute Gasteiger partial charge is 0.870 e. The maximum absolute atomic E-state index is 11.1. The summed E-state index contributed by atoms with van der Waals surface area (Å²) in [6, 6.07) is 14.2. The van der Waals surface area contributed by atoms with Gasteiger partial charge >= 0.3 is 5.97 Å². The minimum atomic E-state index is -1.03. The first-order chi connectivity index (χ1) is 10.0. The van der Waals surface area contributed by atoms with Crippen molar-refractivity contribution >= 4 is 17.7 Å². The second-order valence-electron chi connectivity index (χ2n) is 4.07. The van der Waals surface area contributed by atoms with Gasteiger partial charge in [-0.25, -0.2) is 4.79 Å². The van der Waals surface area contributed by atoms with Crippen LogP contribution in [-0.4, -0.2) is 18.2 Å². The third-order valence-electron chi connectivity index (χ3n) is 2.45. The van der Waals surface area contributed by atoms with Gasteiger partial charge in [0.15, 0.2) is 0 Å². The van der Waals surface area contributed by atoms with Gasteiger partial charge in [-0.2, -0.15) is 0 Å². The van der Waals surface area contributed by atoms with Crippen LogP contribution < -0.4 is 15.6 Å². The van der Waals surface area contributed by atoms with Crippen LogP contribution in [0.15, 0.2) is 54.6 Å². The Morgan fingerprint density at radius 1 is 1.24 bits per heavy atom. The summed E-state index contributed by atoms with van der Waals surface area (Å²) in [5, 5.41) is 19.5. The van der Waals surface area contributed by atoms with E-state index in [2.05, 4.69) is 5.73 Å². The molecule has 0 radical (unpaired) electrons. The highest BCUT2D eigenvalue weighted by Gasteiger charge is 1.94. The molecule has 0 saturated heterocycles. The smallest absolute Gasteiger partial charge is 0.328 e. The zero-order chi connectivity index (χ0) is 15.7. The van der Waals surface area contributed by atoms with Crippen molar-refractivity contribution < 1.29 is 25.5 Å². The molecule has 0 spiro atoms. The molecule has 0 saturated carbocycles. The van der Waals surface area contributed by atoms with Crippen LogP contribution in [0, 0.1) is 0 Å². The highest BCUT2D eigenvalue weighted by Crippen LogP contribution is 2.24. The van der Waals surface area contributed by atoms with Gasteiger partial charge in [-0.05, 0) is 29.8 Å². The third-order valence-corrected chi connectivity index (χ3v) is 2.45. The summed E-state index contributed by atoms with van der Waals surface area (Å²) in [5.74, 6) is -1.05. The molecule has 5 heteroatoms. The van der Waals surface area contributed by atoms with E-state index in [9.17, 15) is 9.90 Å².